The molecule has 2 N–H and O–H groups in total. The second-order valence-corrected chi connectivity index (χ2v) is 7.36. The van der Waals surface area contributed by atoms with E-state index in [-0.39, 0.29) is 17.7 Å². The van der Waals surface area contributed by atoms with E-state index in [2.05, 4.69) is 20.5 Å². The van der Waals surface area contributed by atoms with E-state index in [0.29, 0.717) is 21.0 Å². The van der Waals surface area contributed by atoms with E-state index >= 15 is 0 Å². The Morgan fingerprint density at radius 2 is 2.00 bits per heavy atom. The van der Waals surface area contributed by atoms with Crippen molar-refractivity contribution in [2.75, 3.05) is 5.75 Å². The predicted molar refractivity (Wildman–Crippen MR) is 106 cm³/mol. The first kappa shape index (κ1) is 18.8. The van der Waals surface area contributed by atoms with Crippen molar-refractivity contribution in [2.24, 2.45) is 0 Å². The fourth-order valence-corrected chi connectivity index (χ4v) is 3.56. The molecule has 1 amide bonds. The minimum absolute atomic E-state index is 0.125. The van der Waals surface area contributed by atoms with Crippen LogP contribution in [0.5, 0.6) is 0 Å². The number of benzene rings is 2. The van der Waals surface area contributed by atoms with E-state index in [1.165, 1.54) is 11.8 Å². The molecule has 0 aliphatic rings. The van der Waals surface area contributed by atoms with Crippen LogP contribution in [0.3, 0.4) is 0 Å². The number of nitrogens with zero attached hydrogens (tertiary/aromatic N) is 2. The number of amides is 1. The highest BCUT2D eigenvalue weighted by molar-refractivity contribution is 7.99. The lowest BCUT2D eigenvalue weighted by Crippen LogP contribution is -2.28. The van der Waals surface area contributed by atoms with Gasteiger partial charge in [0.25, 0.3) is 0 Å². The number of carbonyl (C=O) groups is 1. The number of thioether (sulfide) groups is 1. The van der Waals surface area contributed by atoms with Crippen LogP contribution in [0, 0.1) is 0 Å². The second kappa shape index (κ2) is 8.58. The first-order valence-electron chi connectivity index (χ1n) is 7.88. The van der Waals surface area contributed by atoms with Crippen LogP contribution in [0.25, 0.3) is 11.4 Å². The molecule has 5 nitrogen and oxygen atoms in total. The molecule has 0 fully saturated rings. The SMILES string of the molecule is CC(NC(=O)CSc1n[nH]c(-c2ccccc2)n1)c1ccc(Cl)cc1Cl. The Kier molecular flexibility index (Phi) is 6.19. The number of aromatic nitrogens is 3. The molecule has 1 heterocycles. The van der Waals surface area contributed by atoms with Crippen LogP contribution < -0.4 is 5.32 Å². The molecule has 1 atom stereocenters. The normalized spacial score (nSPS) is 12.0. The van der Waals surface area contributed by atoms with Gasteiger partial charge in [0.2, 0.25) is 11.1 Å². The number of halogens is 2. The van der Waals surface area contributed by atoms with Gasteiger partial charge in [0.05, 0.1) is 11.8 Å². The molecule has 0 aliphatic heterocycles. The number of aromatic amines is 1. The predicted octanol–water partition coefficient (Wildman–Crippen LogP) is 4.75. The van der Waals surface area contributed by atoms with Gasteiger partial charge in [-0.1, -0.05) is 71.4 Å². The highest BCUT2D eigenvalue weighted by atomic mass is 35.5. The molecule has 0 aliphatic carbocycles. The minimum atomic E-state index is -0.222. The average Bonchev–Trinajstić information content (AvgIpc) is 3.09. The average molecular weight is 407 g/mol. The topological polar surface area (TPSA) is 70.7 Å². The van der Waals surface area contributed by atoms with Crippen LogP contribution in [0.4, 0.5) is 0 Å². The van der Waals surface area contributed by atoms with E-state index in [1.54, 1.807) is 12.1 Å². The third kappa shape index (κ3) is 4.78. The Morgan fingerprint density at radius 1 is 1.23 bits per heavy atom. The summed E-state index contributed by atoms with van der Waals surface area (Å²) in [6.45, 7) is 1.87. The summed E-state index contributed by atoms with van der Waals surface area (Å²) in [5.41, 5.74) is 1.76. The Labute approximate surface area is 165 Å². The van der Waals surface area contributed by atoms with Crippen molar-refractivity contribution in [3.63, 3.8) is 0 Å². The monoisotopic (exact) mass is 406 g/mol. The van der Waals surface area contributed by atoms with Gasteiger partial charge in [-0.3, -0.25) is 9.89 Å². The number of H-pyrrole nitrogens is 1. The number of nitrogens with one attached hydrogen (secondary N) is 2. The first-order chi connectivity index (χ1) is 12.5. The van der Waals surface area contributed by atoms with Gasteiger partial charge >= 0.3 is 0 Å². The van der Waals surface area contributed by atoms with Crippen LogP contribution in [-0.2, 0) is 4.79 Å². The van der Waals surface area contributed by atoms with Gasteiger partial charge in [-0.25, -0.2) is 4.98 Å². The van der Waals surface area contributed by atoms with Crippen LogP contribution in [0.15, 0.2) is 53.7 Å². The fourth-order valence-electron chi connectivity index (χ4n) is 2.38. The zero-order valence-corrected chi connectivity index (χ0v) is 16.2. The molecular formula is C18H16Cl2N4OS. The van der Waals surface area contributed by atoms with Crippen LogP contribution in [-0.4, -0.2) is 26.8 Å². The molecule has 3 rings (SSSR count). The Morgan fingerprint density at radius 3 is 2.73 bits per heavy atom. The summed E-state index contributed by atoms with van der Waals surface area (Å²) in [5, 5.41) is 11.5. The van der Waals surface area contributed by atoms with Crippen LogP contribution in [0.2, 0.25) is 10.0 Å². The van der Waals surface area contributed by atoms with Crippen molar-refractivity contribution >= 4 is 40.9 Å². The van der Waals surface area contributed by atoms with Gasteiger partial charge in [-0.15, -0.1) is 5.10 Å². The number of carbonyl (C=O) groups excluding carboxylic acids is 1. The molecule has 0 bridgehead atoms. The third-order valence-corrected chi connectivity index (χ3v) is 5.06. The molecule has 1 unspecified atom stereocenters. The van der Waals surface area contributed by atoms with Crippen molar-refractivity contribution in [1.29, 1.82) is 0 Å². The molecule has 0 spiro atoms. The van der Waals surface area contributed by atoms with E-state index in [9.17, 15) is 4.79 Å². The van der Waals surface area contributed by atoms with Gasteiger partial charge in [-0.05, 0) is 24.6 Å². The number of hydrogen-bond donors (Lipinski definition) is 2. The summed E-state index contributed by atoms with van der Waals surface area (Å²) >= 11 is 13.3. The zero-order valence-electron chi connectivity index (χ0n) is 13.9. The quantitative estimate of drug-likeness (QED) is 0.579. The van der Waals surface area contributed by atoms with Gasteiger partial charge in [0, 0.05) is 15.6 Å². The zero-order chi connectivity index (χ0) is 18.5. The smallest absolute Gasteiger partial charge is 0.230 e. The Bertz CT molecular complexity index is 901. The van der Waals surface area contributed by atoms with Gasteiger partial charge < -0.3 is 5.32 Å². The number of hydrogen-bond acceptors (Lipinski definition) is 4. The Balaban J connectivity index is 1.55. The molecule has 2 aromatic carbocycles. The summed E-state index contributed by atoms with van der Waals surface area (Å²) in [5.74, 6) is 0.760. The summed E-state index contributed by atoms with van der Waals surface area (Å²) < 4.78 is 0. The molecule has 0 radical (unpaired) electrons. The second-order valence-electron chi connectivity index (χ2n) is 5.58. The first-order valence-corrected chi connectivity index (χ1v) is 9.62. The lowest BCUT2D eigenvalue weighted by Gasteiger charge is -2.15. The molecule has 0 saturated carbocycles. The Hall–Kier alpha value is -2.02. The van der Waals surface area contributed by atoms with Crippen molar-refractivity contribution in [2.45, 2.75) is 18.1 Å². The van der Waals surface area contributed by atoms with E-state index in [0.717, 1.165) is 11.1 Å². The standard InChI is InChI=1S/C18H16Cl2N4OS/c1-11(14-8-7-13(19)9-15(14)20)21-16(25)10-26-18-22-17(23-24-18)12-5-3-2-4-6-12/h2-9,11H,10H2,1H3,(H,21,25)(H,22,23,24). The van der Waals surface area contributed by atoms with Crippen LogP contribution >= 0.6 is 35.0 Å². The molecule has 0 saturated heterocycles. The maximum absolute atomic E-state index is 12.2. The molecule has 3 aromatic rings. The minimum Gasteiger partial charge on any atom is -0.349 e. The molecular weight excluding hydrogens is 391 g/mol. The summed E-state index contributed by atoms with van der Waals surface area (Å²) in [4.78, 5) is 16.6. The number of rotatable bonds is 6. The lowest BCUT2D eigenvalue weighted by molar-refractivity contribution is -0.119. The largest absolute Gasteiger partial charge is 0.349 e. The van der Waals surface area contributed by atoms with Gasteiger partial charge in [-0.2, -0.15) is 0 Å². The molecule has 26 heavy (non-hydrogen) atoms. The van der Waals surface area contributed by atoms with Crippen LogP contribution in [0.1, 0.15) is 18.5 Å². The molecule has 134 valence electrons. The highest BCUT2D eigenvalue weighted by Crippen LogP contribution is 2.26. The molecule has 1 aromatic heterocycles. The van der Waals surface area contributed by atoms with Crippen molar-refractivity contribution in [3.05, 3.63) is 64.1 Å². The summed E-state index contributed by atoms with van der Waals surface area (Å²) in [6.07, 6.45) is 0. The van der Waals surface area contributed by atoms with E-state index < -0.39 is 0 Å². The fraction of sp³-hybridized carbons (Fsp3) is 0.167. The summed E-state index contributed by atoms with van der Waals surface area (Å²) in [7, 11) is 0. The lowest BCUT2D eigenvalue weighted by atomic mass is 10.1. The third-order valence-electron chi connectivity index (χ3n) is 3.65. The van der Waals surface area contributed by atoms with E-state index in [4.69, 9.17) is 23.2 Å². The van der Waals surface area contributed by atoms with E-state index in [1.807, 2.05) is 43.3 Å². The highest BCUT2D eigenvalue weighted by Gasteiger charge is 2.14. The maximum Gasteiger partial charge on any atom is 0.230 e. The maximum atomic E-state index is 12.2. The summed E-state index contributed by atoms with van der Waals surface area (Å²) in [6, 6.07) is 14.7. The van der Waals surface area contributed by atoms with Crippen molar-refractivity contribution in [1.82, 2.24) is 20.5 Å². The molecule has 8 heteroatoms. The van der Waals surface area contributed by atoms with Crippen molar-refractivity contribution in [3.8, 4) is 11.4 Å². The van der Waals surface area contributed by atoms with Crippen molar-refractivity contribution < 1.29 is 4.79 Å². The van der Waals surface area contributed by atoms with Gasteiger partial charge in [0.1, 0.15) is 0 Å². The van der Waals surface area contributed by atoms with Gasteiger partial charge in [0.15, 0.2) is 5.82 Å².